The maximum Gasteiger partial charge on any atom is 0.165 e. The lowest BCUT2D eigenvalue weighted by Gasteiger charge is -2.08. The smallest absolute Gasteiger partial charge is 0.165 e. The number of benzene rings is 2. The Hall–Kier alpha value is -2.27. The summed E-state index contributed by atoms with van der Waals surface area (Å²) >= 11 is 3.22. The number of ether oxygens (including phenoxy) is 1. The molecule has 0 aliphatic rings. The summed E-state index contributed by atoms with van der Waals surface area (Å²) in [7, 11) is 0. The highest BCUT2D eigenvalue weighted by atomic mass is 79.9. The molecule has 1 heterocycles. The van der Waals surface area contributed by atoms with E-state index < -0.39 is 5.82 Å². The third kappa shape index (κ3) is 3.49. The molecule has 0 N–H and O–H groups in total. The molecule has 0 spiro atoms. The maximum absolute atomic E-state index is 14.1. The van der Waals surface area contributed by atoms with E-state index in [2.05, 4.69) is 25.9 Å². The summed E-state index contributed by atoms with van der Waals surface area (Å²) in [5.74, 6) is -0.198. The molecule has 0 aliphatic carbocycles. The summed E-state index contributed by atoms with van der Waals surface area (Å²) in [4.78, 5) is 8.28. The Labute approximate surface area is 135 Å². The highest BCUT2D eigenvalue weighted by Crippen LogP contribution is 2.25. The van der Waals surface area contributed by atoms with Gasteiger partial charge in [-0.05, 0) is 39.7 Å². The van der Waals surface area contributed by atoms with Gasteiger partial charge in [-0.1, -0.05) is 30.3 Å². The lowest BCUT2D eigenvalue weighted by atomic mass is 10.1. The Kier molecular flexibility index (Phi) is 4.44. The van der Waals surface area contributed by atoms with Gasteiger partial charge in [0.2, 0.25) is 0 Å². The molecule has 3 aromatic rings. The molecule has 110 valence electrons. The van der Waals surface area contributed by atoms with Crippen molar-refractivity contribution < 1.29 is 9.13 Å². The molecule has 0 unspecified atom stereocenters. The number of hydrogen-bond acceptors (Lipinski definition) is 3. The first-order valence-corrected chi connectivity index (χ1v) is 7.46. The fourth-order valence-corrected chi connectivity index (χ4v) is 2.18. The van der Waals surface area contributed by atoms with Crippen molar-refractivity contribution in [2.45, 2.75) is 6.61 Å². The SMILES string of the molecule is Fc1cc(-c2cnc(Br)cn2)ccc1OCc1ccccc1. The van der Waals surface area contributed by atoms with Gasteiger partial charge in [0.15, 0.2) is 11.6 Å². The van der Waals surface area contributed by atoms with Crippen molar-refractivity contribution in [3.8, 4) is 17.0 Å². The first kappa shape index (κ1) is 14.7. The van der Waals surface area contributed by atoms with Crippen molar-refractivity contribution in [2.24, 2.45) is 0 Å². The Morgan fingerprint density at radius 3 is 2.50 bits per heavy atom. The van der Waals surface area contributed by atoms with Crippen molar-refractivity contribution in [3.63, 3.8) is 0 Å². The quantitative estimate of drug-likeness (QED) is 0.682. The Morgan fingerprint density at radius 1 is 1.00 bits per heavy atom. The van der Waals surface area contributed by atoms with Crippen molar-refractivity contribution in [3.05, 3.63) is 76.9 Å². The van der Waals surface area contributed by atoms with Crippen molar-refractivity contribution >= 4 is 15.9 Å². The first-order chi connectivity index (χ1) is 10.7. The van der Waals surface area contributed by atoms with Crippen LogP contribution in [0.3, 0.4) is 0 Å². The zero-order valence-corrected chi connectivity index (χ0v) is 13.1. The molecule has 0 radical (unpaired) electrons. The van der Waals surface area contributed by atoms with Gasteiger partial charge < -0.3 is 4.74 Å². The predicted octanol–water partition coefficient (Wildman–Crippen LogP) is 4.62. The number of rotatable bonds is 4. The molecule has 22 heavy (non-hydrogen) atoms. The molecular formula is C17H12BrFN2O. The Balaban J connectivity index is 1.76. The molecule has 3 rings (SSSR count). The second-order valence-electron chi connectivity index (χ2n) is 4.64. The number of aromatic nitrogens is 2. The molecule has 0 atom stereocenters. The van der Waals surface area contributed by atoms with Crippen LogP contribution in [0.15, 0.2) is 65.5 Å². The molecule has 1 aromatic heterocycles. The zero-order valence-electron chi connectivity index (χ0n) is 11.5. The second-order valence-corrected chi connectivity index (χ2v) is 5.46. The monoisotopic (exact) mass is 358 g/mol. The Morgan fingerprint density at radius 2 is 1.82 bits per heavy atom. The molecule has 0 aliphatic heterocycles. The zero-order chi connectivity index (χ0) is 15.4. The van der Waals surface area contributed by atoms with E-state index in [-0.39, 0.29) is 5.75 Å². The van der Waals surface area contributed by atoms with Gasteiger partial charge in [-0.25, -0.2) is 9.37 Å². The highest BCUT2D eigenvalue weighted by Gasteiger charge is 2.08. The Bertz CT molecular complexity index is 763. The third-order valence-electron chi connectivity index (χ3n) is 3.09. The van der Waals surface area contributed by atoms with Gasteiger partial charge >= 0.3 is 0 Å². The van der Waals surface area contributed by atoms with Crippen LogP contribution in [0.1, 0.15) is 5.56 Å². The summed E-state index contributed by atoms with van der Waals surface area (Å²) in [6.45, 7) is 0.329. The van der Waals surface area contributed by atoms with E-state index in [1.165, 1.54) is 6.07 Å². The van der Waals surface area contributed by atoms with Gasteiger partial charge in [-0.3, -0.25) is 4.98 Å². The average Bonchev–Trinajstić information content (AvgIpc) is 2.55. The molecule has 2 aromatic carbocycles. The number of nitrogens with zero attached hydrogens (tertiary/aromatic N) is 2. The fourth-order valence-electron chi connectivity index (χ4n) is 1.97. The van der Waals surface area contributed by atoms with Gasteiger partial charge in [0.25, 0.3) is 0 Å². The van der Waals surface area contributed by atoms with Crippen LogP contribution in [-0.2, 0) is 6.61 Å². The van der Waals surface area contributed by atoms with Crippen LogP contribution in [0.2, 0.25) is 0 Å². The molecule has 0 bridgehead atoms. The standard InChI is InChI=1S/C17H12BrFN2O/c18-17-10-20-15(9-21-17)13-6-7-16(14(19)8-13)22-11-12-4-2-1-3-5-12/h1-10H,11H2. The van der Waals surface area contributed by atoms with E-state index in [9.17, 15) is 4.39 Å². The molecule has 0 fully saturated rings. The van der Waals surface area contributed by atoms with Crippen LogP contribution >= 0.6 is 15.9 Å². The van der Waals surface area contributed by atoms with Crippen molar-refractivity contribution in [1.82, 2.24) is 9.97 Å². The van der Waals surface area contributed by atoms with E-state index in [1.807, 2.05) is 30.3 Å². The molecule has 0 saturated carbocycles. The van der Waals surface area contributed by atoms with Crippen molar-refractivity contribution in [2.75, 3.05) is 0 Å². The van der Waals surface area contributed by atoms with Crippen LogP contribution in [-0.4, -0.2) is 9.97 Å². The van der Waals surface area contributed by atoms with Crippen LogP contribution in [0.4, 0.5) is 4.39 Å². The lowest BCUT2D eigenvalue weighted by molar-refractivity contribution is 0.290. The largest absolute Gasteiger partial charge is 0.486 e. The van der Waals surface area contributed by atoms with Gasteiger partial charge in [0, 0.05) is 5.56 Å². The van der Waals surface area contributed by atoms with Gasteiger partial charge in [-0.15, -0.1) is 0 Å². The van der Waals surface area contributed by atoms with Crippen LogP contribution in [0, 0.1) is 5.82 Å². The van der Waals surface area contributed by atoms with Gasteiger partial charge in [-0.2, -0.15) is 0 Å². The minimum absolute atomic E-state index is 0.220. The summed E-state index contributed by atoms with van der Waals surface area (Å²) < 4.78 is 20.3. The molecule has 0 amide bonds. The summed E-state index contributed by atoms with van der Waals surface area (Å²) in [5.41, 5.74) is 2.26. The van der Waals surface area contributed by atoms with Gasteiger partial charge in [0.05, 0.1) is 18.1 Å². The lowest BCUT2D eigenvalue weighted by Crippen LogP contribution is -1.97. The van der Waals surface area contributed by atoms with E-state index in [1.54, 1.807) is 24.5 Å². The molecule has 5 heteroatoms. The first-order valence-electron chi connectivity index (χ1n) is 6.66. The number of halogens is 2. The van der Waals surface area contributed by atoms with E-state index >= 15 is 0 Å². The predicted molar refractivity (Wildman–Crippen MR) is 85.9 cm³/mol. The third-order valence-corrected chi connectivity index (χ3v) is 3.49. The fraction of sp³-hybridized carbons (Fsp3) is 0.0588. The average molecular weight is 359 g/mol. The molecule has 0 saturated heterocycles. The van der Waals surface area contributed by atoms with Gasteiger partial charge in [0.1, 0.15) is 11.2 Å². The molecular weight excluding hydrogens is 347 g/mol. The minimum atomic E-state index is -0.418. The molecule has 3 nitrogen and oxygen atoms in total. The van der Waals surface area contributed by atoms with Crippen LogP contribution in [0.5, 0.6) is 5.75 Å². The van der Waals surface area contributed by atoms with Crippen LogP contribution in [0.25, 0.3) is 11.3 Å². The summed E-state index contributed by atoms with van der Waals surface area (Å²) in [6.07, 6.45) is 3.16. The van der Waals surface area contributed by atoms with Crippen LogP contribution < -0.4 is 4.74 Å². The topological polar surface area (TPSA) is 35.0 Å². The van der Waals surface area contributed by atoms with E-state index in [0.29, 0.717) is 22.5 Å². The minimum Gasteiger partial charge on any atom is -0.486 e. The van der Waals surface area contributed by atoms with E-state index in [4.69, 9.17) is 4.74 Å². The van der Waals surface area contributed by atoms with Crippen molar-refractivity contribution in [1.29, 1.82) is 0 Å². The maximum atomic E-state index is 14.1. The van der Waals surface area contributed by atoms with E-state index in [0.717, 1.165) is 5.56 Å². The normalized spacial score (nSPS) is 10.5. The summed E-state index contributed by atoms with van der Waals surface area (Å²) in [5, 5.41) is 0. The second kappa shape index (κ2) is 6.66. The highest BCUT2D eigenvalue weighted by molar-refractivity contribution is 9.10. The summed E-state index contributed by atoms with van der Waals surface area (Å²) in [6, 6.07) is 14.4. The number of hydrogen-bond donors (Lipinski definition) is 0.